The molecule has 2 heterocycles. The van der Waals surface area contributed by atoms with Gasteiger partial charge < -0.3 is 15.5 Å². The zero-order chi connectivity index (χ0) is 15.1. The van der Waals surface area contributed by atoms with E-state index in [0.29, 0.717) is 19.5 Å². The number of nitrogens with zero attached hydrogens (tertiary/aromatic N) is 1. The third kappa shape index (κ3) is 5.04. The Kier molecular flexibility index (Phi) is 6.04. The highest BCUT2D eigenvalue weighted by Gasteiger charge is 2.23. The maximum absolute atomic E-state index is 11.9. The standard InChI is InChI=1S/C15H23N3O2S/c1-2-7-16-15(20)18-8-5-12(6-9-18)17-14(19)11-13-4-3-10-21-13/h3-4,10,12H,2,5-9,11H2,1H3,(H,16,20)(H,17,19). The molecule has 0 saturated carbocycles. The molecular formula is C15H23N3O2S. The fraction of sp³-hybridized carbons (Fsp3) is 0.600. The Morgan fingerprint density at radius 3 is 2.76 bits per heavy atom. The maximum atomic E-state index is 11.9. The molecule has 2 rings (SSSR count). The molecule has 1 aromatic heterocycles. The Morgan fingerprint density at radius 1 is 1.38 bits per heavy atom. The molecule has 1 saturated heterocycles. The molecule has 0 bridgehead atoms. The number of carbonyl (C=O) groups excluding carboxylic acids is 2. The van der Waals surface area contributed by atoms with Crippen molar-refractivity contribution in [1.29, 1.82) is 0 Å². The second kappa shape index (κ2) is 8.02. The van der Waals surface area contributed by atoms with Gasteiger partial charge in [-0.2, -0.15) is 0 Å². The van der Waals surface area contributed by atoms with Gasteiger partial charge in [0.15, 0.2) is 0 Å². The normalized spacial score (nSPS) is 15.8. The molecule has 1 aliphatic heterocycles. The van der Waals surface area contributed by atoms with Crippen LogP contribution < -0.4 is 10.6 Å². The van der Waals surface area contributed by atoms with E-state index in [2.05, 4.69) is 10.6 Å². The molecule has 1 aromatic rings. The number of thiophene rings is 1. The molecule has 3 amide bonds. The van der Waals surface area contributed by atoms with Crippen LogP contribution in [-0.4, -0.2) is 42.5 Å². The molecule has 116 valence electrons. The number of amides is 3. The molecule has 0 spiro atoms. The van der Waals surface area contributed by atoms with Crippen LogP contribution in [0.2, 0.25) is 0 Å². The summed E-state index contributed by atoms with van der Waals surface area (Å²) < 4.78 is 0. The predicted molar refractivity (Wildman–Crippen MR) is 84.5 cm³/mol. The summed E-state index contributed by atoms with van der Waals surface area (Å²) in [5.74, 6) is 0.0753. The van der Waals surface area contributed by atoms with Gasteiger partial charge in [-0.05, 0) is 30.7 Å². The van der Waals surface area contributed by atoms with Gasteiger partial charge in [0.25, 0.3) is 0 Å². The minimum atomic E-state index is 0.0141. The van der Waals surface area contributed by atoms with Crippen LogP contribution in [-0.2, 0) is 11.2 Å². The topological polar surface area (TPSA) is 61.4 Å². The molecule has 1 fully saturated rings. The lowest BCUT2D eigenvalue weighted by Gasteiger charge is -2.32. The van der Waals surface area contributed by atoms with Crippen LogP contribution in [0, 0.1) is 0 Å². The van der Waals surface area contributed by atoms with Crippen molar-refractivity contribution in [2.24, 2.45) is 0 Å². The maximum Gasteiger partial charge on any atom is 0.317 e. The van der Waals surface area contributed by atoms with E-state index in [1.165, 1.54) is 0 Å². The lowest BCUT2D eigenvalue weighted by Crippen LogP contribution is -2.49. The second-order valence-electron chi connectivity index (χ2n) is 5.32. The van der Waals surface area contributed by atoms with Crippen molar-refractivity contribution in [3.63, 3.8) is 0 Å². The molecule has 0 atom stereocenters. The van der Waals surface area contributed by atoms with Crippen molar-refractivity contribution >= 4 is 23.3 Å². The van der Waals surface area contributed by atoms with Crippen LogP contribution in [0.4, 0.5) is 4.79 Å². The molecule has 0 aliphatic carbocycles. The smallest absolute Gasteiger partial charge is 0.317 e. The zero-order valence-electron chi connectivity index (χ0n) is 12.4. The lowest BCUT2D eigenvalue weighted by atomic mass is 10.1. The molecule has 0 unspecified atom stereocenters. The minimum absolute atomic E-state index is 0.0141. The summed E-state index contributed by atoms with van der Waals surface area (Å²) in [4.78, 5) is 26.7. The van der Waals surface area contributed by atoms with Crippen molar-refractivity contribution in [2.75, 3.05) is 19.6 Å². The van der Waals surface area contributed by atoms with Gasteiger partial charge in [-0.3, -0.25) is 4.79 Å². The quantitative estimate of drug-likeness (QED) is 0.874. The fourth-order valence-corrected chi connectivity index (χ4v) is 3.12. The number of hydrogen-bond acceptors (Lipinski definition) is 3. The van der Waals surface area contributed by atoms with Crippen LogP contribution in [0.25, 0.3) is 0 Å². The SMILES string of the molecule is CCCNC(=O)N1CCC(NC(=O)Cc2cccs2)CC1. The number of urea groups is 1. The molecule has 0 radical (unpaired) electrons. The summed E-state index contributed by atoms with van der Waals surface area (Å²) in [6, 6.07) is 4.14. The summed E-state index contributed by atoms with van der Waals surface area (Å²) in [5.41, 5.74) is 0. The number of likely N-dealkylation sites (tertiary alicyclic amines) is 1. The Balaban J connectivity index is 1.69. The van der Waals surface area contributed by atoms with Gasteiger partial charge in [-0.15, -0.1) is 11.3 Å². The first kappa shape index (κ1) is 15.8. The van der Waals surface area contributed by atoms with E-state index in [0.717, 1.165) is 30.7 Å². The highest BCUT2D eigenvalue weighted by Crippen LogP contribution is 2.12. The van der Waals surface area contributed by atoms with Gasteiger partial charge in [-0.25, -0.2) is 4.79 Å². The van der Waals surface area contributed by atoms with Crippen molar-refractivity contribution in [3.05, 3.63) is 22.4 Å². The van der Waals surface area contributed by atoms with Gasteiger partial charge in [-0.1, -0.05) is 13.0 Å². The van der Waals surface area contributed by atoms with Crippen LogP contribution in [0.1, 0.15) is 31.1 Å². The third-order valence-corrected chi connectivity index (χ3v) is 4.46. The van der Waals surface area contributed by atoms with Gasteiger partial charge in [0.2, 0.25) is 5.91 Å². The largest absolute Gasteiger partial charge is 0.353 e. The average molecular weight is 309 g/mol. The monoisotopic (exact) mass is 309 g/mol. The molecule has 2 N–H and O–H groups in total. The van der Waals surface area contributed by atoms with Gasteiger partial charge in [0, 0.05) is 30.6 Å². The summed E-state index contributed by atoms with van der Waals surface area (Å²) in [5, 5.41) is 7.94. The van der Waals surface area contributed by atoms with E-state index in [9.17, 15) is 9.59 Å². The van der Waals surface area contributed by atoms with Crippen molar-refractivity contribution in [3.8, 4) is 0 Å². The zero-order valence-corrected chi connectivity index (χ0v) is 13.2. The second-order valence-corrected chi connectivity index (χ2v) is 6.35. The minimum Gasteiger partial charge on any atom is -0.353 e. The number of piperidine rings is 1. The van der Waals surface area contributed by atoms with E-state index in [4.69, 9.17) is 0 Å². The highest BCUT2D eigenvalue weighted by atomic mass is 32.1. The number of nitrogens with one attached hydrogen (secondary N) is 2. The van der Waals surface area contributed by atoms with Gasteiger partial charge >= 0.3 is 6.03 Å². The van der Waals surface area contributed by atoms with E-state index in [1.54, 1.807) is 11.3 Å². The first-order chi connectivity index (χ1) is 10.2. The Morgan fingerprint density at radius 2 is 2.14 bits per heavy atom. The van der Waals surface area contributed by atoms with Crippen molar-refractivity contribution < 1.29 is 9.59 Å². The molecule has 1 aliphatic rings. The first-order valence-corrected chi connectivity index (χ1v) is 8.41. The molecule has 21 heavy (non-hydrogen) atoms. The van der Waals surface area contributed by atoms with Crippen molar-refractivity contribution in [1.82, 2.24) is 15.5 Å². The van der Waals surface area contributed by atoms with E-state index in [-0.39, 0.29) is 18.0 Å². The predicted octanol–water partition coefficient (Wildman–Crippen LogP) is 1.99. The average Bonchev–Trinajstić information content (AvgIpc) is 2.98. The first-order valence-electron chi connectivity index (χ1n) is 7.53. The van der Waals surface area contributed by atoms with Crippen LogP contribution >= 0.6 is 11.3 Å². The number of rotatable bonds is 5. The third-order valence-electron chi connectivity index (χ3n) is 3.59. The lowest BCUT2D eigenvalue weighted by molar-refractivity contribution is -0.121. The number of hydrogen-bond donors (Lipinski definition) is 2. The van der Waals surface area contributed by atoms with Crippen LogP contribution in [0.15, 0.2) is 17.5 Å². The molecule has 5 nitrogen and oxygen atoms in total. The number of carbonyl (C=O) groups is 2. The van der Waals surface area contributed by atoms with Gasteiger partial charge in [0.05, 0.1) is 6.42 Å². The summed E-state index contributed by atoms with van der Waals surface area (Å²) in [6.45, 7) is 4.17. The molecule has 6 heteroatoms. The Hall–Kier alpha value is -1.56. The van der Waals surface area contributed by atoms with E-state index in [1.807, 2.05) is 29.3 Å². The van der Waals surface area contributed by atoms with Crippen LogP contribution in [0.5, 0.6) is 0 Å². The van der Waals surface area contributed by atoms with E-state index >= 15 is 0 Å². The molecular weight excluding hydrogens is 286 g/mol. The summed E-state index contributed by atoms with van der Waals surface area (Å²) >= 11 is 1.60. The van der Waals surface area contributed by atoms with Crippen molar-refractivity contribution in [2.45, 2.75) is 38.6 Å². The fourth-order valence-electron chi connectivity index (χ4n) is 2.42. The summed E-state index contributed by atoms with van der Waals surface area (Å²) in [6.07, 6.45) is 3.06. The van der Waals surface area contributed by atoms with Gasteiger partial charge in [0.1, 0.15) is 0 Å². The Labute approximate surface area is 129 Å². The van der Waals surface area contributed by atoms with Crippen LogP contribution in [0.3, 0.4) is 0 Å². The van der Waals surface area contributed by atoms with E-state index < -0.39 is 0 Å². The Bertz CT molecular complexity index is 453. The molecule has 0 aromatic carbocycles. The summed E-state index contributed by atoms with van der Waals surface area (Å²) in [7, 11) is 0. The highest BCUT2D eigenvalue weighted by molar-refractivity contribution is 7.10.